The molecular formula is C29H28N2O6. The molecule has 0 saturated heterocycles. The Balaban J connectivity index is 1.40. The Morgan fingerprint density at radius 1 is 1.08 bits per heavy atom. The van der Waals surface area contributed by atoms with E-state index in [1.54, 1.807) is 31.4 Å². The van der Waals surface area contributed by atoms with Crippen LogP contribution in [0.25, 0.3) is 6.08 Å². The number of ether oxygens (including phenoxy) is 4. The van der Waals surface area contributed by atoms with Crippen molar-refractivity contribution in [2.75, 3.05) is 39.4 Å². The Labute approximate surface area is 215 Å². The van der Waals surface area contributed by atoms with Crippen molar-refractivity contribution >= 4 is 23.5 Å². The lowest BCUT2D eigenvalue weighted by Gasteiger charge is -2.20. The first kappa shape index (κ1) is 24.2. The van der Waals surface area contributed by atoms with E-state index in [-0.39, 0.29) is 25.1 Å². The van der Waals surface area contributed by atoms with Gasteiger partial charge in [-0.05, 0) is 54.8 Å². The number of carbonyl (C=O) groups is 2. The van der Waals surface area contributed by atoms with Crippen molar-refractivity contribution in [2.24, 2.45) is 0 Å². The molecule has 0 bridgehead atoms. The number of aryl methyl sites for hydroxylation is 1. The van der Waals surface area contributed by atoms with Gasteiger partial charge in [0.2, 0.25) is 18.3 Å². The van der Waals surface area contributed by atoms with E-state index in [0.29, 0.717) is 52.9 Å². The van der Waals surface area contributed by atoms with Crippen LogP contribution < -0.4 is 24.3 Å². The summed E-state index contributed by atoms with van der Waals surface area (Å²) >= 11 is 0. The lowest BCUT2D eigenvalue weighted by Crippen LogP contribution is -2.25. The fraction of sp³-hybridized carbons (Fsp3) is 0.241. The number of hydrogen-bond acceptors (Lipinski definition) is 7. The Morgan fingerprint density at radius 3 is 2.68 bits per heavy atom. The van der Waals surface area contributed by atoms with E-state index in [9.17, 15) is 9.59 Å². The molecule has 1 N–H and O–H groups in total. The molecule has 2 aliphatic heterocycles. The number of anilines is 1. The molecule has 190 valence electrons. The molecule has 3 aromatic rings. The third kappa shape index (κ3) is 4.95. The van der Waals surface area contributed by atoms with E-state index in [1.807, 2.05) is 55.3 Å². The lowest BCUT2D eigenvalue weighted by molar-refractivity contribution is -0.118. The van der Waals surface area contributed by atoms with Crippen LogP contribution in [0.1, 0.15) is 27.0 Å². The predicted octanol–water partition coefficient (Wildman–Crippen LogP) is 4.46. The maximum Gasteiger partial charge on any atom is 0.262 e. The molecule has 0 fully saturated rings. The fourth-order valence-electron chi connectivity index (χ4n) is 4.44. The maximum absolute atomic E-state index is 13.7. The molecule has 1 amide bonds. The van der Waals surface area contributed by atoms with Crippen LogP contribution in [0.2, 0.25) is 0 Å². The second-order valence-electron chi connectivity index (χ2n) is 8.93. The second-order valence-corrected chi connectivity index (χ2v) is 8.93. The zero-order chi connectivity index (χ0) is 25.9. The lowest BCUT2D eigenvalue weighted by atomic mass is 10.00. The summed E-state index contributed by atoms with van der Waals surface area (Å²) in [5, 5.41) is 2.86. The van der Waals surface area contributed by atoms with Gasteiger partial charge in [-0.15, -0.1) is 0 Å². The smallest absolute Gasteiger partial charge is 0.262 e. The van der Waals surface area contributed by atoms with E-state index in [0.717, 1.165) is 16.7 Å². The van der Waals surface area contributed by atoms with Crippen LogP contribution in [0.4, 0.5) is 5.69 Å². The molecule has 3 aromatic carbocycles. The summed E-state index contributed by atoms with van der Waals surface area (Å²) in [5.74, 6) is 1.90. The minimum Gasteiger partial charge on any atom is -0.492 e. The van der Waals surface area contributed by atoms with Gasteiger partial charge >= 0.3 is 0 Å². The summed E-state index contributed by atoms with van der Waals surface area (Å²) in [6.45, 7) is 2.52. The summed E-state index contributed by atoms with van der Waals surface area (Å²) in [6.07, 6.45) is 2.56. The van der Waals surface area contributed by atoms with Gasteiger partial charge in [0, 0.05) is 30.4 Å². The third-order valence-electron chi connectivity index (χ3n) is 6.48. The molecule has 8 heteroatoms. The topological polar surface area (TPSA) is 86.3 Å². The Hall–Kier alpha value is -4.46. The van der Waals surface area contributed by atoms with E-state index >= 15 is 0 Å². The average molecular weight is 501 g/mol. The van der Waals surface area contributed by atoms with Crippen LogP contribution in [0.15, 0.2) is 60.3 Å². The number of carbonyl (C=O) groups excluding carboxylic acids is 2. The zero-order valence-electron chi connectivity index (χ0n) is 21.0. The number of ketones is 1. The highest BCUT2D eigenvalue weighted by Gasteiger charge is 2.28. The highest BCUT2D eigenvalue weighted by molar-refractivity contribution is 6.12. The summed E-state index contributed by atoms with van der Waals surface area (Å²) in [5.41, 5.74) is 4.21. The number of nitrogens with zero attached hydrogens (tertiary/aromatic N) is 1. The first-order valence-corrected chi connectivity index (χ1v) is 12.0. The number of nitrogens with one attached hydrogen (secondary N) is 1. The standard InChI is InChI=1S/C29H28N2O6/c1-18-9-10-20(13-23(18)30-26(32)16-35-21-7-5-4-6-8-21)27(33)24-15-22-19(11-12-31(24)2)14-25-29(28(22)34-3)37-17-36-25/h4-10,13-15H,11-12,16-17H2,1-3H3,(H,30,32). The molecule has 8 nitrogen and oxygen atoms in total. The quantitative estimate of drug-likeness (QED) is 0.480. The molecule has 5 rings (SSSR count). The number of rotatable bonds is 7. The van der Waals surface area contributed by atoms with Crippen molar-refractivity contribution in [1.82, 2.24) is 4.90 Å². The summed E-state index contributed by atoms with van der Waals surface area (Å²) in [7, 11) is 3.47. The predicted molar refractivity (Wildman–Crippen MR) is 140 cm³/mol. The van der Waals surface area contributed by atoms with Crippen LogP contribution in [0.3, 0.4) is 0 Å². The molecule has 0 spiro atoms. The molecule has 0 aromatic heterocycles. The van der Waals surface area contributed by atoms with Gasteiger partial charge in [0.05, 0.1) is 12.8 Å². The molecular weight excluding hydrogens is 472 g/mol. The molecule has 2 heterocycles. The number of methoxy groups -OCH3 is 1. The zero-order valence-corrected chi connectivity index (χ0v) is 21.0. The maximum atomic E-state index is 13.7. The second kappa shape index (κ2) is 10.3. The summed E-state index contributed by atoms with van der Waals surface area (Å²) in [4.78, 5) is 28.2. The van der Waals surface area contributed by atoms with Crippen molar-refractivity contribution < 1.29 is 28.5 Å². The van der Waals surface area contributed by atoms with Crippen LogP contribution in [0, 0.1) is 6.92 Å². The number of benzene rings is 3. The molecule has 0 aliphatic carbocycles. The van der Waals surface area contributed by atoms with Crippen molar-refractivity contribution in [1.29, 1.82) is 0 Å². The van der Waals surface area contributed by atoms with E-state index in [2.05, 4.69) is 5.32 Å². The number of Topliss-reactive ketones (excluding diaryl/α,β-unsaturated/α-hetero) is 1. The number of amides is 1. The van der Waals surface area contributed by atoms with E-state index in [4.69, 9.17) is 18.9 Å². The average Bonchev–Trinajstić information content (AvgIpc) is 3.31. The van der Waals surface area contributed by atoms with Gasteiger partial charge in [-0.1, -0.05) is 30.3 Å². The van der Waals surface area contributed by atoms with Gasteiger partial charge in [0.25, 0.3) is 5.91 Å². The number of hydrogen-bond donors (Lipinski definition) is 1. The molecule has 0 saturated carbocycles. The largest absolute Gasteiger partial charge is 0.492 e. The van der Waals surface area contributed by atoms with Crippen molar-refractivity contribution in [2.45, 2.75) is 13.3 Å². The van der Waals surface area contributed by atoms with Crippen molar-refractivity contribution in [3.63, 3.8) is 0 Å². The summed E-state index contributed by atoms with van der Waals surface area (Å²) < 4.78 is 22.4. The van der Waals surface area contributed by atoms with E-state index in [1.165, 1.54) is 0 Å². The van der Waals surface area contributed by atoms with Gasteiger partial charge in [0.1, 0.15) is 5.75 Å². The van der Waals surface area contributed by atoms with Gasteiger partial charge in [-0.3, -0.25) is 9.59 Å². The number of allylic oxidation sites excluding steroid dienone is 1. The first-order valence-electron chi connectivity index (χ1n) is 12.0. The van der Waals surface area contributed by atoms with Crippen LogP contribution in [-0.2, 0) is 11.2 Å². The normalized spacial score (nSPS) is 13.8. The third-order valence-corrected chi connectivity index (χ3v) is 6.48. The minimum atomic E-state index is -0.308. The molecule has 0 unspecified atom stereocenters. The van der Waals surface area contributed by atoms with Gasteiger partial charge < -0.3 is 29.2 Å². The molecule has 37 heavy (non-hydrogen) atoms. The Bertz CT molecular complexity index is 1380. The SMILES string of the molecule is COc1c2c(cc3c1OCO3)CCN(C)C(C(=O)c1ccc(C)c(NC(=O)COc3ccccc3)c1)=C2. The van der Waals surface area contributed by atoms with Gasteiger partial charge in [-0.2, -0.15) is 0 Å². The van der Waals surface area contributed by atoms with Crippen LogP contribution in [-0.4, -0.2) is 50.7 Å². The van der Waals surface area contributed by atoms with Crippen molar-refractivity contribution in [3.8, 4) is 23.0 Å². The monoisotopic (exact) mass is 500 g/mol. The van der Waals surface area contributed by atoms with Crippen molar-refractivity contribution in [3.05, 3.63) is 82.5 Å². The van der Waals surface area contributed by atoms with Crippen LogP contribution in [0.5, 0.6) is 23.0 Å². The highest BCUT2D eigenvalue weighted by Crippen LogP contribution is 2.46. The fourth-order valence-corrected chi connectivity index (χ4v) is 4.44. The Kier molecular flexibility index (Phi) is 6.72. The van der Waals surface area contributed by atoms with Crippen LogP contribution >= 0.6 is 0 Å². The van der Waals surface area contributed by atoms with Gasteiger partial charge in [-0.25, -0.2) is 0 Å². The summed E-state index contributed by atoms with van der Waals surface area (Å²) in [6, 6.07) is 16.4. The first-order chi connectivity index (χ1) is 17.9. The Morgan fingerprint density at radius 2 is 1.89 bits per heavy atom. The number of fused-ring (bicyclic) bond motifs is 2. The molecule has 0 radical (unpaired) electrons. The van der Waals surface area contributed by atoms with E-state index < -0.39 is 0 Å². The number of likely N-dealkylation sites (N-methyl/N-ethyl adjacent to an activating group) is 1. The highest BCUT2D eigenvalue weighted by atomic mass is 16.7. The number of para-hydroxylation sites is 1. The molecule has 2 aliphatic rings. The molecule has 0 atom stereocenters. The minimum absolute atomic E-state index is 0.137. The van der Waals surface area contributed by atoms with Gasteiger partial charge in [0.15, 0.2) is 18.1 Å².